The molecule has 612 valence electrons. The Morgan fingerprint density at radius 1 is 0.245 bits per heavy atom. The fourth-order valence-corrected chi connectivity index (χ4v) is 8.39. The van der Waals surface area contributed by atoms with Crippen LogP contribution in [0.4, 0.5) is 61.5 Å². The smallest absolute Gasteiger partial charge is 0.251 e. The van der Waals surface area contributed by atoms with Crippen LogP contribution in [0.1, 0.15) is 197 Å². The van der Waals surface area contributed by atoms with E-state index in [1.54, 1.807) is 116 Å². The zero-order valence-corrected chi connectivity index (χ0v) is 64.8. The van der Waals surface area contributed by atoms with Crippen LogP contribution in [-0.4, -0.2) is 97.1 Å². The highest BCUT2D eigenvalue weighted by atomic mass is 19.2. The summed E-state index contributed by atoms with van der Waals surface area (Å²) in [6, 6.07) is 16.2. The van der Waals surface area contributed by atoms with E-state index in [0.717, 1.165) is 48.5 Å². The van der Waals surface area contributed by atoms with E-state index in [9.17, 15) is 121 Å². The first-order valence-corrected chi connectivity index (χ1v) is 34.6. The third-order valence-corrected chi connectivity index (χ3v) is 18.3. The number of benzene rings is 6. The second-order valence-corrected chi connectivity index (χ2v) is 29.3. The molecule has 6 rings (SSSR count). The standard InChI is InChI=1S/3C13H16F3NO2.2C13H17F2NO2.C13H18FNO2/c1-4-13(2,3)12(18)17(19)7-8-5-10(15)11(16)6-9(8)14;1-4-13(2,3)12(18)17(19)7-8-5-9(14)11(16)10(15)6-8;1-4-13(2,3)12(18)17(19)7-8-5-6-9(14)11(16)10(8)15;1-4-13(2,3)12(17)16(18)8-9-5-6-10(14)7-11(9)15;1-4-13(2,3)12(17)16(18)8-9-5-6-10(14)11(15)7-9;1-4-13(2,3)12(16)15(17)9-10-5-7-11(14)8-6-10/h3*5-6,19H,4,7H2,1-3H3;2*5-7,18H,4,8H2,1-3H3;5-8,17H,4,9H2,1-3H3. The molecule has 0 fully saturated rings. The van der Waals surface area contributed by atoms with E-state index in [0.29, 0.717) is 92.2 Å². The lowest BCUT2D eigenvalue weighted by Gasteiger charge is -2.26. The Balaban J connectivity index is 0.000000660. The van der Waals surface area contributed by atoms with Gasteiger partial charge < -0.3 is 0 Å². The Bertz CT molecular complexity index is 4020. The van der Waals surface area contributed by atoms with Crippen LogP contribution in [0.25, 0.3) is 0 Å². The second kappa shape index (κ2) is 42.9. The molecule has 6 amide bonds. The molecule has 0 heterocycles. The number of halogens is 14. The minimum Gasteiger partial charge on any atom is -0.286 e. The molecule has 0 unspecified atom stereocenters. The van der Waals surface area contributed by atoms with Crippen molar-refractivity contribution in [1.82, 2.24) is 30.4 Å². The lowest BCUT2D eigenvalue weighted by atomic mass is 9.89. The molecule has 0 saturated heterocycles. The Labute approximate surface area is 631 Å². The topological polar surface area (TPSA) is 243 Å². The van der Waals surface area contributed by atoms with Gasteiger partial charge in [0.15, 0.2) is 58.2 Å². The van der Waals surface area contributed by atoms with E-state index >= 15 is 0 Å². The van der Waals surface area contributed by atoms with Crippen molar-refractivity contribution >= 4 is 35.4 Å². The number of rotatable bonds is 24. The Morgan fingerprint density at radius 3 is 0.882 bits per heavy atom. The fourth-order valence-electron chi connectivity index (χ4n) is 8.39. The molecule has 18 nitrogen and oxygen atoms in total. The number of carbonyl (C=O) groups is 6. The average Bonchev–Trinajstić information content (AvgIpc) is 0.839. The van der Waals surface area contributed by atoms with Crippen molar-refractivity contribution in [2.45, 2.75) is 202 Å². The predicted molar refractivity (Wildman–Crippen MR) is 377 cm³/mol. The largest absolute Gasteiger partial charge is 0.286 e. The van der Waals surface area contributed by atoms with Crippen LogP contribution < -0.4 is 0 Å². The summed E-state index contributed by atoms with van der Waals surface area (Å²) in [6.07, 6.45) is 3.21. The number of hydrogen-bond donors (Lipinski definition) is 6. The van der Waals surface area contributed by atoms with Gasteiger partial charge in [0, 0.05) is 61.3 Å². The molecule has 6 N–H and O–H groups in total. The molecule has 0 atom stereocenters. The van der Waals surface area contributed by atoms with E-state index < -0.39 is 157 Å². The maximum absolute atomic E-state index is 13.4. The highest BCUT2D eigenvalue weighted by Crippen LogP contribution is 2.30. The van der Waals surface area contributed by atoms with Crippen LogP contribution in [0.5, 0.6) is 0 Å². The number of hydrogen-bond acceptors (Lipinski definition) is 12. The third-order valence-electron chi connectivity index (χ3n) is 18.3. The summed E-state index contributed by atoms with van der Waals surface area (Å²) in [5.74, 6) is -19.0. The third kappa shape index (κ3) is 30.0. The first kappa shape index (κ1) is 98.9. The monoisotopic (exact) mass is 1580 g/mol. The minimum atomic E-state index is -1.62. The Morgan fingerprint density at radius 2 is 0.518 bits per heavy atom. The van der Waals surface area contributed by atoms with Gasteiger partial charge in [0.05, 0.1) is 39.3 Å². The molecule has 6 aromatic rings. The van der Waals surface area contributed by atoms with Crippen molar-refractivity contribution in [3.05, 3.63) is 212 Å². The maximum atomic E-state index is 13.4. The van der Waals surface area contributed by atoms with Crippen molar-refractivity contribution < 1.29 is 121 Å². The maximum Gasteiger partial charge on any atom is 0.251 e. The highest BCUT2D eigenvalue weighted by Gasteiger charge is 2.36. The molecule has 0 spiro atoms. The van der Waals surface area contributed by atoms with E-state index in [4.69, 9.17) is 0 Å². The van der Waals surface area contributed by atoms with Crippen molar-refractivity contribution in [1.29, 1.82) is 0 Å². The fraction of sp³-hybridized carbons (Fsp3) is 0.462. The number of hydroxylamine groups is 12. The van der Waals surface area contributed by atoms with E-state index in [1.807, 2.05) is 20.8 Å². The molecule has 6 aromatic carbocycles. The Hall–Kier alpha value is -9.08. The predicted octanol–water partition coefficient (Wildman–Crippen LogP) is 19.0. The van der Waals surface area contributed by atoms with Crippen molar-refractivity contribution in [2.75, 3.05) is 0 Å². The van der Waals surface area contributed by atoms with Crippen molar-refractivity contribution in [3.63, 3.8) is 0 Å². The quantitative estimate of drug-likeness (QED) is 0.0109. The van der Waals surface area contributed by atoms with Crippen LogP contribution in [0, 0.1) is 114 Å². The van der Waals surface area contributed by atoms with Crippen LogP contribution in [0.3, 0.4) is 0 Å². The lowest BCUT2D eigenvalue weighted by molar-refractivity contribution is -0.178. The first-order chi connectivity index (χ1) is 50.5. The summed E-state index contributed by atoms with van der Waals surface area (Å²) in [4.78, 5) is 71.1. The molecule has 32 heteroatoms. The van der Waals surface area contributed by atoms with Gasteiger partial charge in [-0.25, -0.2) is 91.8 Å². The van der Waals surface area contributed by atoms with Crippen LogP contribution >= 0.6 is 0 Å². The molecule has 110 heavy (non-hydrogen) atoms. The normalized spacial score (nSPS) is 11.5. The van der Waals surface area contributed by atoms with Gasteiger partial charge in [-0.05, 0) is 110 Å². The zero-order chi connectivity index (χ0) is 85.3. The van der Waals surface area contributed by atoms with Gasteiger partial charge in [-0.15, -0.1) is 0 Å². The molecule has 0 bridgehead atoms. The van der Waals surface area contributed by atoms with Crippen molar-refractivity contribution in [3.8, 4) is 0 Å². The van der Waals surface area contributed by atoms with E-state index in [1.165, 1.54) is 24.3 Å². The number of nitrogens with zero attached hydrogens (tertiary/aromatic N) is 6. The van der Waals surface area contributed by atoms with Gasteiger partial charge in [-0.3, -0.25) is 60.0 Å². The summed E-state index contributed by atoms with van der Waals surface area (Å²) >= 11 is 0. The molecular weight excluding hydrogens is 1480 g/mol. The van der Waals surface area contributed by atoms with Crippen LogP contribution in [-0.2, 0) is 68.0 Å². The number of carbonyl (C=O) groups excluding carboxylic acids is 6. The minimum absolute atomic E-state index is 0.0286. The van der Waals surface area contributed by atoms with Gasteiger partial charge >= 0.3 is 0 Å². The molecule has 0 saturated carbocycles. The van der Waals surface area contributed by atoms with Gasteiger partial charge in [0.2, 0.25) is 0 Å². The Kier molecular flexibility index (Phi) is 38.6. The molecule has 0 aromatic heterocycles. The van der Waals surface area contributed by atoms with Crippen LogP contribution in [0.15, 0.2) is 97.1 Å². The molecule has 0 radical (unpaired) electrons. The summed E-state index contributed by atoms with van der Waals surface area (Å²) < 4.78 is 181. The van der Waals surface area contributed by atoms with E-state index in [-0.39, 0.29) is 53.6 Å². The van der Waals surface area contributed by atoms with Gasteiger partial charge in [-0.2, -0.15) is 0 Å². The molecule has 0 aliphatic heterocycles. The van der Waals surface area contributed by atoms with Gasteiger partial charge in [0.1, 0.15) is 23.3 Å². The van der Waals surface area contributed by atoms with Crippen molar-refractivity contribution in [2.24, 2.45) is 32.5 Å². The summed E-state index contributed by atoms with van der Waals surface area (Å²) in [6.45, 7) is 29.2. The zero-order valence-electron chi connectivity index (χ0n) is 64.8. The SMILES string of the molecule is CCC(C)(C)C(=O)N(O)Cc1cc(F)c(F)c(F)c1.CCC(C)(C)C(=O)N(O)Cc1cc(F)c(F)cc1F.CCC(C)(C)C(=O)N(O)Cc1ccc(F)c(F)c1.CCC(C)(C)C(=O)N(O)Cc1ccc(F)c(F)c1F.CCC(C)(C)C(=O)N(O)Cc1ccc(F)cc1.CCC(C)(C)C(=O)N(O)Cc1ccc(F)cc1F. The summed E-state index contributed by atoms with van der Waals surface area (Å²) in [5, 5.41) is 60.6. The van der Waals surface area contributed by atoms with Gasteiger partial charge in [-0.1, -0.05) is 155 Å². The molecule has 0 aliphatic carbocycles. The average molecular weight is 1580 g/mol. The number of amides is 6. The van der Waals surface area contributed by atoms with Gasteiger partial charge in [0.25, 0.3) is 35.4 Å². The molecular formula is C78H100F14N6O12. The van der Waals surface area contributed by atoms with Crippen LogP contribution in [0.2, 0.25) is 0 Å². The highest BCUT2D eigenvalue weighted by molar-refractivity contribution is 5.83. The lowest BCUT2D eigenvalue weighted by Crippen LogP contribution is -2.38. The second-order valence-electron chi connectivity index (χ2n) is 29.3. The van der Waals surface area contributed by atoms with E-state index in [2.05, 4.69) is 0 Å². The first-order valence-electron chi connectivity index (χ1n) is 34.6. The summed E-state index contributed by atoms with van der Waals surface area (Å²) in [5.41, 5.74) is -3.93. The summed E-state index contributed by atoms with van der Waals surface area (Å²) in [7, 11) is 0. The molecule has 0 aliphatic rings.